The van der Waals surface area contributed by atoms with Crippen LogP contribution in [0.1, 0.15) is 40.5 Å². The van der Waals surface area contributed by atoms with Crippen molar-refractivity contribution < 1.29 is 0 Å². The lowest BCUT2D eigenvalue weighted by Crippen LogP contribution is -2.51. The molecule has 0 amide bonds. The van der Waals surface area contributed by atoms with Crippen LogP contribution in [0.5, 0.6) is 0 Å². The van der Waals surface area contributed by atoms with Gasteiger partial charge in [-0.05, 0) is 46.1 Å². The van der Waals surface area contributed by atoms with Crippen LogP contribution < -0.4 is 11.1 Å². The molecule has 1 atom stereocenters. The summed E-state index contributed by atoms with van der Waals surface area (Å²) >= 11 is 0. The van der Waals surface area contributed by atoms with E-state index in [1.807, 2.05) is 6.92 Å². The van der Waals surface area contributed by atoms with E-state index in [4.69, 9.17) is 5.73 Å². The molecule has 0 aromatic heterocycles. The van der Waals surface area contributed by atoms with Crippen molar-refractivity contribution in [3.8, 4) is 0 Å². The zero-order valence-electron chi connectivity index (χ0n) is 13.4. The molecular weight excluding hydrogens is 363 g/mol. The van der Waals surface area contributed by atoms with Crippen LogP contribution in [0, 0.1) is 5.92 Å². The van der Waals surface area contributed by atoms with E-state index in [9.17, 15) is 0 Å². The van der Waals surface area contributed by atoms with Gasteiger partial charge in [0, 0.05) is 18.6 Å². The smallest absolute Gasteiger partial charge is 0.188 e. The van der Waals surface area contributed by atoms with Crippen molar-refractivity contribution in [2.75, 3.05) is 26.2 Å². The topological polar surface area (TPSA) is 53.6 Å². The van der Waals surface area contributed by atoms with Crippen LogP contribution >= 0.6 is 24.0 Å². The van der Waals surface area contributed by atoms with Crippen molar-refractivity contribution >= 4 is 29.9 Å². The summed E-state index contributed by atoms with van der Waals surface area (Å²) in [5.41, 5.74) is 7.00. The van der Waals surface area contributed by atoms with Crippen LogP contribution in [0.2, 0.25) is 0 Å². The third-order valence-corrected chi connectivity index (χ3v) is 3.72. The first-order valence-corrected chi connectivity index (χ1v) is 7.24. The lowest BCUT2D eigenvalue weighted by atomic mass is 9.94. The monoisotopic (exact) mass is 394 g/mol. The maximum Gasteiger partial charge on any atom is 0.188 e. The van der Waals surface area contributed by atoms with Crippen molar-refractivity contribution in [1.82, 2.24) is 10.2 Å². The summed E-state index contributed by atoms with van der Waals surface area (Å²) in [6.45, 7) is 16.4. The second-order valence-corrected chi connectivity index (χ2v) is 6.52. The van der Waals surface area contributed by atoms with E-state index in [-0.39, 0.29) is 29.5 Å². The van der Waals surface area contributed by atoms with E-state index >= 15 is 0 Å². The number of hydrogen-bond donors (Lipinski definition) is 2. The number of piperidine rings is 1. The largest absolute Gasteiger partial charge is 0.370 e. The molecule has 1 aliphatic heterocycles. The Bertz CT molecular complexity index is 339. The van der Waals surface area contributed by atoms with Crippen LogP contribution in [0.3, 0.4) is 0 Å². The Morgan fingerprint density at radius 2 is 2.15 bits per heavy atom. The van der Waals surface area contributed by atoms with Crippen molar-refractivity contribution in [1.29, 1.82) is 0 Å². The predicted octanol–water partition coefficient (Wildman–Crippen LogP) is 2.60. The summed E-state index contributed by atoms with van der Waals surface area (Å²) in [5.74, 6) is 1.30. The lowest BCUT2D eigenvalue weighted by Gasteiger charge is -2.42. The normalized spacial score (nSPS) is 21.2. The van der Waals surface area contributed by atoms with Gasteiger partial charge in [0.1, 0.15) is 0 Å². The maximum atomic E-state index is 5.87. The van der Waals surface area contributed by atoms with E-state index in [1.54, 1.807) is 0 Å². The van der Waals surface area contributed by atoms with Crippen molar-refractivity contribution in [3.63, 3.8) is 0 Å². The third-order valence-electron chi connectivity index (χ3n) is 3.72. The van der Waals surface area contributed by atoms with E-state index in [0.29, 0.717) is 12.5 Å². The van der Waals surface area contributed by atoms with Gasteiger partial charge in [0.05, 0.1) is 6.54 Å². The van der Waals surface area contributed by atoms with E-state index in [0.717, 1.165) is 18.0 Å². The third kappa shape index (κ3) is 6.92. The number of nitrogens with one attached hydrogen (secondary N) is 1. The molecule has 1 aliphatic rings. The minimum atomic E-state index is 0. The molecule has 20 heavy (non-hydrogen) atoms. The van der Waals surface area contributed by atoms with Crippen molar-refractivity contribution in [2.24, 2.45) is 16.6 Å². The molecule has 1 heterocycles. The standard InChI is InChI=1S/C15H30N4.HI/c1-12(2)9-17-14(16)18-11-15(4,5)19-8-6-7-13(3)10-19;/h13H,1,6-11H2,2-5H3,(H3,16,17,18);1H. The molecule has 0 radical (unpaired) electrons. The Morgan fingerprint density at radius 3 is 2.70 bits per heavy atom. The Morgan fingerprint density at radius 1 is 1.50 bits per heavy atom. The highest BCUT2D eigenvalue weighted by molar-refractivity contribution is 14.0. The second-order valence-electron chi connectivity index (χ2n) is 6.52. The Labute approximate surface area is 141 Å². The predicted molar refractivity (Wildman–Crippen MR) is 98.8 cm³/mol. The number of likely N-dealkylation sites (tertiary alicyclic amines) is 1. The van der Waals surface area contributed by atoms with Gasteiger partial charge in [-0.25, -0.2) is 0 Å². The fourth-order valence-electron chi connectivity index (χ4n) is 2.42. The molecule has 1 rings (SSSR count). The van der Waals surface area contributed by atoms with Crippen molar-refractivity contribution in [2.45, 2.75) is 46.1 Å². The van der Waals surface area contributed by atoms with Crippen LogP contribution in [-0.4, -0.2) is 42.6 Å². The molecule has 0 saturated carbocycles. The molecule has 4 nitrogen and oxygen atoms in total. The molecule has 3 N–H and O–H groups in total. The van der Waals surface area contributed by atoms with Crippen LogP contribution in [0.4, 0.5) is 0 Å². The quantitative estimate of drug-likeness (QED) is 0.326. The van der Waals surface area contributed by atoms with Crippen molar-refractivity contribution in [3.05, 3.63) is 12.2 Å². The highest BCUT2D eigenvalue weighted by atomic mass is 127. The average molecular weight is 394 g/mol. The van der Waals surface area contributed by atoms with E-state index in [1.165, 1.54) is 25.9 Å². The van der Waals surface area contributed by atoms with Crippen LogP contribution in [0.25, 0.3) is 0 Å². The number of nitrogens with two attached hydrogens (primary N) is 1. The molecule has 5 heteroatoms. The van der Waals surface area contributed by atoms with Gasteiger partial charge < -0.3 is 11.1 Å². The number of guanidine groups is 1. The molecule has 0 aliphatic carbocycles. The maximum absolute atomic E-state index is 5.87. The molecule has 0 aromatic rings. The first kappa shape index (κ1) is 19.7. The van der Waals surface area contributed by atoms with Gasteiger partial charge in [-0.1, -0.05) is 19.1 Å². The number of nitrogens with zero attached hydrogens (tertiary/aromatic N) is 2. The minimum Gasteiger partial charge on any atom is -0.370 e. The number of hydrogen-bond acceptors (Lipinski definition) is 2. The van der Waals surface area contributed by atoms with Gasteiger partial charge in [-0.15, -0.1) is 24.0 Å². The first-order chi connectivity index (χ1) is 8.81. The van der Waals surface area contributed by atoms with Gasteiger partial charge in [-0.3, -0.25) is 9.89 Å². The molecule has 118 valence electrons. The molecule has 1 saturated heterocycles. The molecule has 0 spiro atoms. The van der Waals surface area contributed by atoms with E-state index < -0.39 is 0 Å². The summed E-state index contributed by atoms with van der Waals surface area (Å²) in [4.78, 5) is 7.01. The van der Waals surface area contributed by atoms with Crippen LogP contribution in [0.15, 0.2) is 17.1 Å². The zero-order chi connectivity index (χ0) is 14.5. The fraction of sp³-hybridized carbons (Fsp3) is 0.800. The molecule has 0 bridgehead atoms. The minimum absolute atomic E-state index is 0. The summed E-state index contributed by atoms with van der Waals surface area (Å²) in [7, 11) is 0. The Hall–Kier alpha value is -0.300. The summed E-state index contributed by atoms with van der Waals surface area (Å²) < 4.78 is 0. The van der Waals surface area contributed by atoms with Gasteiger partial charge in [-0.2, -0.15) is 0 Å². The second kappa shape index (κ2) is 8.87. The van der Waals surface area contributed by atoms with Gasteiger partial charge in [0.15, 0.2) is 5.96 Å². The molecule has 1 fully saturated rings. The summed E-state index contributed by atoms with van der Waals surface area (Å²) in [6.07, 6.45) is 2.63. The lowest BCUT2D eigenvalue weighted by molar-refractivity contribution is 0.0775. The van der Waals surface area contributed by atoms with Gasteiger partial charge in [0.25, 0.3) is 0 Å². The first-order valence-electron chi connectivity index (χ1n) is 7.24. The molecular formula is C15H31IN4. The zero-order valence-corrected chi connectivity index (χ0v) is 15.7. The summed E-state index contributed by atoms with van der Waals surface area (Å²) in [6, 6.07) is 0. The number of aliphatic imine (C=N–C) groups is 1. The molecule has 1 unspecified atom stereocenters. The highest BCUT2D eigenvalue weighted by Crippen LogP contribution is 2.23. The fourth-order valence-corrected chi connectivity index (χ4v) is 2.42. The summed E-state index contributed by atoms with van der Waals surface area (Å²) in [5, 5.41) is 3.08. The van der Waals surface area contributed by atoms with Crippen LogP contribution in [-0.2, 0) is 0 Å². The molecule has 0 aromatic carbocycles. The Kier molecular flexibility index (Phi) is 8.74. The Balaban J connectivity index is 0.00000361. The SMILES string of the molecule is C=C(C)CNC(N)=NCC(C)(C)N1CCCC(C)C1.I. The van der Waals surface area contributed by atoms with Gasteiger partial charge in [0.2, 0.25) is 0 Å². The highest BCUT2D eigenvalue weighted by Gasteiger charge is 2.29. The number of rotatable bonds is 5. The van der Waals surface area contributed by atoms with Gasteiger partial charge >= 0.3 is 0 Å². The average Bonchev–Trinajstić information content (AvgIpc) is 2.34. The van der Waals surface area contributed by atoms with E-state index in [2.05, 4.69) is 42.6 Å². The number of halogens is 1.